The van der Waals surface area contributed by atoms with Gasteiger partial charge in [0, 0.05) is 5.39 Å². The Morgan fingerprint density at radius 3 is 2.75 bits per heavy atom. The van der Waals surface area contributed by atoms with Gasteiger partial charge < -0.3 is 9.47 Å². The lowest BCUT2D eigenvalue weighted by atomic mass is 10.1. The first kappa shape index (κ1) is 15.6. The highest BCUT2D eigenvalue weighted by atomic mass is 16.5. The van der Waals surface area contributed by atoms with Crippen LogP contribution in [0.3, 0.4) is 0 Å². The van der Waals surface area contributed by atoms with Crippen molar-refractivity contribution in [1.29, 1.82) is 5.26 Å². The quantitative estimate of drug-likeness (QED) is 0.703. The van der Waals surface area contributed by atoms with Crippen molar-refractivity contribution in [2.45, 2.75) is 0 Å². The molecule has 2 aromatic carbocycles. The Balaban J connectivity index is 1.83. The van der Waals surface area contributed by atoms with Gasteiger partial charge in [0.1, 0.15) is 6.07 Å². The van der Waals surface area contributed by atoms with E-state index >= 15 is 0 Å². The van der Waals surface area contributed by atoms with Gasteiger partial charge in [-0.2, -0.15) is 5.26 Å². The normalized spacial score (nSPS) is 10.7. The van der Waals surface area contributed by atoms with Gasteiger partial charge in [0.2, 0.25) is 0 Å². The molecule has 4 nitrogen and oxygen atoms in total. The van der Waals surface area contributed by atoms with Crippen molar-refractivity contribution >= 4 is 23.1 Å². The zero-order chi connectivity index (χ0) is 16.8. The van der Waals surface area contributed by atoms with Crippen LogP contribution in [0, 0.1) is 11.3 Å². The number of nitriles is 1. The summed E-state index contributed by atoms with van der Waals surface area (Å²) >= 11 is 0. The summed E-state index contributed by atoms with van der Waals surface area (Å²) < 4.78 is 10.6. The summed E-state index contributed by atoms with van der Waals surface area (Å²) in [4.78, 5) is 4.61. The van der Waals surface area contributed by atoms with Crippen LogP contribution in [0.1, 0.15) is 11.3 Å². The Labute approximate surface area is 140 Å². The van der Waals surface area contributed by atoms with Gasteiger partial charge in [0.25, 0.3) is 0 Å². The van der Waals surface area contributed by atoms with E-state index in [1.54, 1.807) is 13.2 Å². The maximum absolute atomic E-state index is 8.60. The molecule has 0 aliphatic rings. The van der Waals surface area contributed by atoms with Crippen LogP contribution >= 0.6 is 0 Å². The number of fused-ring (bicyclic) bond motifs is 1. The van der Waals surface area contributed by atoms with Gasteiger partial charge in [-0.3, -0.25) is 0 Å². The fraction of sp³-hybridized carbons (Fsp3) is 0.100. The van der Waals surface area contributed by atoms with Crippen LogP contribution in [0.15, 0.2) is 54.6 Å². The van der Waals surface area contributed by atoms with E-state index in [-0.39, 0.29) is 6.61 Å². The van der Waals surface area contributed by atoms with E-state index in [1.165, 1.54) is 0 Å². The van der Waals surface area contributed by atoms with Crippen LogP contribution in [0.25, 0.3) is 23.1 Å². The van der Waals surface area contributed by atoms with Gasteiger partial charge in [-0.25, -0.2) is 4.98 Å². The average Bonchev–Trinajstić information content (AvgIpc) is 2.64. The molecular weight excluding hydrogens is 300 g/mol. The highest BCUT2D eigenvalue weighted by Crippen LogP contribution is 2.28. The summed E-state index contributed by atoms with van der Waals surface area (Å²) in [6.45, 7) is -0.00739. The molecule has 0 fully saturated rings. The number of aromatic nitrogens is 1. The molecule has 0 unspecified atom stereocenters. The highest BCUT2D eigenvalue weighted by Gasteiger charge is 2.04. The molecule has 0 bridgehead atoms. The predicted molar refractivity (Wildman–Crippen MR) is 94.8 cm³/mol. The van der Waals surface area contributed by atoms with Crippen molar-refractivity contribution in [3.63, 3.8) is 0 Å². The number of para-hydroxylation sites is 1. The molecule has 0 atom stereocenters. The van der Waals surface area contributed by atoms with E-state index in [1.807, 2.05) is 60.7 Å². The van der Waals surface area contributed by atoms with Crippen LogP contribution in [-0.2, 0) is 0 Å². The summed E-state index contributed by atoms with van der Waals surface area (Å²) in [5, 5.41) is 9.72. The standard InChI is InChI=1S/C20H16N2O2/c1-23-20-14-15(7-11-19(20)24-13-12-21)6-9-17-10-8-16-4-2-3-5-18(16)22-17/h2-11,14H,13H2,1H3/b9-6+. The zero-order valence-corrected chi connectivity index (χ0v) is 13.3. The maximum atomic E-state index is 8.60. The molecule has 0 spiro atoms. The van der Waals surface area contributed by atoms with Crippen LogP contribution in [0.5, 0.6) is 11.5 Å². The van der Waals surface area contributed by atoms with Crippen LogP contribution in [0.2, 0.25) is 0 Å². The van der Waals surface area contributed by atoms with Crippen molar-refractivity contribution < 1.29 is 9.47 Å². The number of nitrogens with zero attached hydrogens (tertiary/aromatic N) is 2. The summed E-state index contributed by atoms with van der Waals surface area (Å²) in [6.07, 6.45) is 3.92. The Morgan fingerprint density at radius 1 is 1.04 bits per heavy atom. The molecule has 1 heterocycles. The number of hydrogen-bond donors (Lipinski definition) is 0. The first-order chi connectivity index (χ1) is 11.8. The van der Waals surface area contributed by atoms with Crippen molar-refractivity contribution in [2.24, 2.45) is 0 Å². The molecule has 0 amide bonds. The Bertz CT molecular complexity index is 926. The Morgan fingerprint density at radius 2 is 1.92 bits per heavy atom. The molecule has 0 radical (unpaired) electrons. The highest BCUT2D eigenvalue weighted by molar-refractivity contribution is 5.80. The zero-order valence-electron chi connectivity index (χ0n) is 13.3. The van der Waals surface area contributed by atoms with Crippen LogP contribution < -0.4 is 9.47 Å². The minimum atomic E-state index is -0.00739. The molecule has 4 heteroatoms. The van der Waals surface area contributed by atoms with Gasteiger partial charge in [0.05, 0.1) is 18.3 Å². The molecule has 0 N–H and O–H groups in total. The molecule has 3 aromatic rings. The van der Waals surface area contributed by atoms with Crippen LogP contribution in [0.4, 0.5) is 0 Å². The first-order valence-electron chi connectivity index (χ1n) is 7.52. The topological polar surface area (TPSA) is 55.1 Å². The average molecular weight is 316 g/mol. The molecule has 118 valence electrons. The minimum Gasteiger partial charge on any atom is -0.493 e. The largest absolute Gasteiger partial charge is 0.493 e. The number of rotatable bonds is 5. The Kier molecular flexibility index (Phi) is 4.73. The SMILES string of the molecule is COc1cc(/C=C/c2ccc3ccccc3n2)ccc1OCC#N. The first-order valence-corrected chi connectivity index (χ1v) is 7.52. The van der Waals surface area contributed by atoms with Crippen LogP contribution in [-0.4, -0.2) is 18.7 Å². The molecule has 24 heavy (non-hydrogen) atoms. The van der Waals surface area contributed by atoms with Crippen molar-refractivity contribution in [3.8, 4) is 17.6 Å². The molecule has 0 aliphatic heterocycles. The second-order valence-electron chi connectivity index (χ2n) is 5.12. The lowest BCUT2D eigenvalue weighted by Gasteiger charge is -2.08. The lowest BCUT2D eigenvalue weighted by Crippen LogP contribution is -1.96. The molecular formula is C20H16N2O2. The van der Waals surface area contributed by atoms with E-state index in [9.17, 15) is 0 Å². The number of hydrogen-bond acceptors (Lipinski definition) is 4. The van der Waals surface area contributed by atoms with Gasteiger partial charge in [-0.05, 0) is 35.9 Å². The Hall–Kier alpha value is -3.32. The smallest absolute Gasteiger partial charge is 0.174 e. The molecule has 1 aromatic heterocycles. The summed E-state index contributed by atoms with van der Waals surface area (Å²) in [5.41, 5.74) is 2.82. The van der Waals surface area contributed by atoms with Crippen molar-refractivity contribution in [3.05, 3.63) is 65.9 Å². The monoisotopic (exact) mass is 316 g/mol. The third kappa shape index (κ3) is 3.53. The van der Waals surface area contributed by atoms with Gasteiger partial charge in [-0.1, -0.05) is 36.4 Å². The van der Waals surface area contributed by atoms with E-state index in [4.69, 9.17) is 14.7 Å². The predicted octanol–water partition coefficient (Wildman–Crippen LogP) is 4.32. The lowest BCUT2D eigenvalue weighted by molar-refractivity contribution is 0.329. The van der Waals surface area contributed by atoms with E-state index < -0.39 is 0 Å². The van der Waals surface area contributed by atoms with Crippen molar-refractivity contribution in [2.75, 3.05) is 13.7 Å². The number of benzene rings is 2. The second kappa shape index (κ2) is 7.30. The summed E-state index contributed by atoms with van der Waals surface area (Å²) in [5.74, 6) is 1.15. The molecule has 0 saturated carbocycles. The van der Waals surface area contributed by atoms with Crippen molar-refractivity contribution in [1.82, 2.24) is 4.98 Å². The van der Waals surface area contributed by atoms with Gasteiger partial charge in [0.15, 0.2) is 18.1 Å². The van der Waals surface area contributed by atoms with E-state index in [2.05, 4.69) is 11.1 Å². The third-order valence-corrected chi connectivity index (χ3v) is 3.55. The summed E-state index contributed by atoms with van der Waals surface area (Å²) in [6, 6.07) is 19.6. The minimum absolute atomic E-state index is 0.00739. The molecule has 0 aliphatic carbocycles. The fourth-order valence-electron chi connectivity index (χ4n) is 2.37. The summed E-state index contributed by atoms with van der Waals surface area (Å²) in [7, 11) is 1.58. The second-order valence-corrected chi connectivity index (χ2v) is 5.12. The fourth-order valence-corrected chi connectivity index (χ4v) is 2.37. The van der Waals surface area contributed by atoms with Gasteiger partial charge >= 0.3 is 0 Å². The number of pyridine rings is 1. The van der Waals surface area contributed by atoms with Gasteiger partial charge in [-0.15, -0.1) is 0 Å². The maximum Gasteiger partial charge on any atom is 0.174 e. The molecule has 3 rings (SSSR count). The number of methoxy groups -OCH3 is 1. The molecule has 0 saturated heterocycles. The van der Waals surface area contributed by atoms with E-state index in [0.29, 0.717) is 11.5 Å². The number of ether oxygens (including phenoxy) is 2. The van der Waals surface area contributed by atoms with E-state index in [0.717, 1.165) is 22.2 Å². The third-order valence-electron chi connectivity index (χ3n) is 3.55.